The van der Waals surface area contributed by atoms with Gasteiger partial charge in [-0.25, -0.2) is 0 Å². The molecule has 0 aromatic carbocycles. The first-order valence-corrected chi connectivity index (χ1v) is 4.87. The van der Waals surface area contributed by atoms with E-state index in [4.69, 9.17) is 0 Å². The van der Waals surface area contributed by atoms with E-state index < -0.39 is 0 Å². The van der Waals surface area contributed by atoms with Crippen LogP contribution in [0.4, 0.5) is 0 Å². The summed E-state index contributed by atoms with van der Waals surface area (Å²) in [5.41, 5.74) is 1.10. The summed E-state index contributed by atoms with van der Waals surface area (Å²) in [5.74, 6) is 0.387. The van der Waals surface area contributed by atoms with Crippen LogP contribution < -0.4 is 5.56 Å². The molecule has 0 radical (unpaired) electrons. The van der Waals surface area contributed by atoms with E-state index in [0.717, 1.165) is 12.1 Å². The molecular formula is C10H18N2O. The largest absolute Gasteiger partial charge is 0.299 e. The second kappa shape index (κ2) is 3.81. The summed E-state index contributed by atoms with van der Waals surface area (Å²) in [6.07, 6.45) is 0.970. The van der Waals surface area contributed by atoms with Gasteiger partial charge in [0.05, 0.1) is 6.04 Å². The third-order valence-corrected chi connectivity index (χ3v) is 2.42. The molecule has 1 heterocycles. The second-order valence-corrected chi connectivity index (χ2v) is 3.83. The van der Waals surface area contributed by atoms with Crippen molar-refractivity contribution in [1.82, 2.24) is 9.78 Å². The maximum absolute atomic E-state index is 11.5. The van der Waals surface area contributed by atoms with E-state index in [9.17, 15) is 4.79 Å². The third-order valence-electron chi connectivity index (χ3n) is 2.42. The summed E-state index contributed by atoms with van der Waals surface area (Å²) < 4.78 is 1.70. The molecule has 3 nitrogen and oxygen atoms in total. The highest BCUT2D eigenvalue weighted by atomic mass is 16.1. The van der Waals surface area contributed by atoms with Gasteiger partial charge in [-0.2, -0.15) is 0 Å². The highest BCUT2D eigenvalue weighted by Gasteiger charge is 2.09. The average molecular weight is 182 g/mol. The highest BCUT2D eigenvalue weighted by molar-refractivity contribution is 5.04. The van der Waals surface area contributed by atoms with Gasteiger partial charge in [-0.1, -0.05) is 20.8 Å². The van der Waals surface area contributed by atoms with Crippen LogP contribution in [0.1, 0.15) is 51.8 Å². The van der Waals surface area contributed by atoms with Crippen LogP contribution in [-0.4, -0.2) is 9.78 Å². The molecule has 3 heteroatoms. The van der Waals surface area contributed by atoms with Gasteiger partial charge in [0.15, 0.2) is 0 Å². The number of nitrogens with zero attached hydrogens (tertiary/aromatic N) is 1. The van der Waals surface area contributed by atoms with Crippen molar-refractivity contribution in [2.75, 3.05) is 0 Å². The Hall–Kier alpha value is -0.990. The number of rotatable bonds is 3. The Morgan fingerprint density at radius 1 is 1.46 bits per heavy atom. The van der Waals surface area contributed by atoms with E-state index in [0.29, 0.717) is 5.92 Å². The minimum absolute atomic E-state index is 0.0815. The van der Waals surface area contributed by atoms with E-state index in [2.05, 4.69) is 25.9 Å². The van der Waals surface area contributed by atoms with Crippen molar-refractivity contribution in [3.63, 3.8) is 0 Å². The van der Waals surface area contributed by atoms with Crippen LogP contribution in [0.3, 0.4) is 0 Å². The smallest absolute Gasteiger partial charge is 0.266 e. The van der Waals surface area contributed by atoms with Crippen LogP contribution in [0, 0.1) is 0 Å². The highest BCUT2D eigenvalue weighted by Crippen LogP contribution is 2.11. The topological polar surface area (TPSA) is 37.8 Å². The summed E-state index contributed by atoms with van der Waals surface area (Å²) in [6, 6.07) is 1.96. The van der Waals surface area contributed by atoms with Crippen LogP contribution in [0.15, 0.2) is 10.9 Å². The first kappa shape index (κ1) is 10.1. The lowest BCUT2D eigenvalue weighted by molar-refractivity contribution is 0.459. The SMILES string of the molecule is CCC(C)n1[nH]c(C(C)C)cc1=O. The number of aromatic nitrogens is 2. The quantitative estimate of drug-likeness (QED) is 0.765. The molecule has 0 saturated heterocycles. The van der Waals surface area contributed by atoms with Crippen molar-refractivity contribution >= 4 is 0 Å². The Balaban J connectivity index is 3.03. The zero-order valence-electron chi connectivity index (χ0n) is 8.79. The van der Waals surface area contributed by atoms with Gasteiger partial charge >= 0.3 is 0 Å². The molecule has 1 aromatic rings. The lowest BCUT2D eigenvalue weighted by atomic mass is 10.1. The number of hydrogen-bond donors (Lipinski definition) is 1. The minimum atomic E-state index is 0.0815. The summed E-state index contributed by atoms with van der Waals surface area (Å²) in [4.78, 5) is 11.5. The molecule has 1 atom stereocenters. The maximum atomic E-state index is 11.5. The van der Waals surface area contributed by atoms with Gasteiger partial charge < -0.3 is 0 Å². The van der Waals surface area contributed by atoms with Gasteiger partial charge in [0.1, 0.15) is 0 Å². The zero-order chi connectivity index (χ0) is 10.0. The van der Waals surface area contributed by atoms with Gasteiger partial charge in [0, 0.05) is 11.8 Å². The number of aromatic amines is 1. The Morgan fingerprint density at radius 2 is 2.08 bits per heavy atom. The molecule has 0 aliphatic heterocycles. The standard InChI is InChI=1S/C10H18N2O/c1-5-8(4)12-10(13)6-9(11-12)7(2)3/h6-8,11H,5H2,1-4H3. The van der Waals surface area contributed by atoms with E-state index in [1.807, 2.05) is 6.92 Å². The molecule has 0 aliphatic carbocycles. The Morgan fingerprint density at radius 3 is 2.46 bits per heavy atom. The van der Waals surface area contributed by atoms with Gasteiger partial charge in [-0.05, 0) is 19.3 Å². The monoisotopic (exact) mass is 182 g/mol. The maximum Gasteiger partial charge on any atom is 0.266 e. The van der Waals surface area contributed by atoms with Crippen LogP contribution >= 0.6 is 0 Å². The summed E-state index contributed by atoms with van der Waals surface area (Å²) in [7, 11) is 0. The molecule has 1 aromatic heterocycles. The van der Waals surface area contributed by atoms with Crippen LogP contribution in [-0.2, 0) is 0 Å². The molecule has 0 saturated carbocycles. The lowest BCUT2D eigenvalue weighted by Crippen LogP contribution is -2.19. The van der Waals surface area contributed by atoms with Crippen LogP contribution in [0.2, 0.25) is 0 Å². The van der Waals surface area contributed by atoms with Crippen molar-refractivity contribution in [3.8, 4) is 0 Å². The van der Waals surface area contributed by atoms with Crippen molar-refractivity contribution < 1.29 is 0 Å². The lowest BCUT2D eigenvalue weighted by Gasteiger charge is -2.09. The second-order valence-electron chi connectivity index (χ2n) is 3.83. The molecule has 0 amide bonds. The van der Waals surface area contributed by atoms with Crippen molar-refractivity contribution in [1.29, 1.82) is 0 Å². The number of H-pyrrole nitrogens is 1. The molecule has 1 unspecified atom stereocenters. The first-order chi connectivity index (χ1) is 6.06. The molecule has 13 heavy (non-hydrogen) atoms. The Labute approximate surface area is 78.8 Å². The fourth-order valence-corrected chi connectivity index (χ4v) is 1.23. The van der Waals surface area contributed by atoms with Gasteiger partial charge in [0.25, 0.3) is 5.56 Å². The van der Waals surface area contributed by atoms with Crippen molar-refractivity contribution in [2.24, 2.45) is 0 Å². The van der Waals surface area contributed by atoms with Crippen molar-refractivity contribution in [3.05, 3.63) is 22.1 Å². The molecule has 0 aliphatic rings. The molecule has 1 rings (SSSR count). The molecule has 0 fully saturated rings. The molecule has 0 spiro atoms. The van der Waals surface area contributed by atoms with E-state index in [1.54, 1.807) is 10.7 Å². The predicted octanol–water partition coefficient (Wildman–Crippen LogP) is 2.27. The van der Waals surface area contributed by atoms with Crippen molar-refractivity contribution in [2.45, 2.75) is 46.1 Å². The molecule has 74 valence electrons. The number of nitrogens with one attached hydrogen (secondary N) is 1. The third kappa shape index (κ3) is 2.02. The zero-order valence-corrected chi connectivity index (χ0v) is 8.79. The average Bonchev–Trinajstić information content (AvgIpc) is 2.46. The van der Waals surface area contributed by atoms with E-state index in [-0.39, 0.29) is 11.6 Å². The van der Waals surface area contributed by atoms with Crippen LogP contribution in [0.5, 0.6) is 0 Å². The van der Waals surface area contributed by atoms with Gasteiger partial charge in [-0.3, -0.25) is 14.6 Å². The van der Waals surface area contributed by atoms with Gasteiger partial charge in [0.2, 0.25) is 0 Å². The fraction of sp³-hybridized carbons (Fsp3) is 0.700. The summed E-state index contributed by atoms with van der Waals surface area (Å²) >= 11 is 0. The molecule has 1 N–H and O–H groups in total. The normalized spacial score (nSPS) is 13.6. The predicted molar refractivity (Wildman–Crippen MR) is 54.1 cm³/mol. The van der Waals surface area contributed by atoms with E-state index in [1.165, 1.54) is 0 Å². The first-order valence-electron chi connectivity index (χ1n) is 4.87. The summed E-state index contributed by atoms with van der Waals surface area (Å²) in [5, 5.41) is 3.14. The van der Waals surface area contributed by atoms with Gasteiger partial charge in [-0.15, -0.1) is 0 Å². The van der Waals surface area contributed by atoms with Crippen LogP contribution in [0.25, 0.3) is 0 Å². The summed E-state index contributed by atoms with van der Waals surface area (Å²) in [6.45, 7) is 8.27. The Kier molecular flexibility index (Phi) is 2.96. The minimum Gasteiger partial charge on any atom is -0.299 e. The molecular weight excluding hydrogens is 164 g/mol. The Bertz CT molecular complexity index is 322. The molecule has 0 bridgehead atoms. The fourth-order valence-electron chi connectivity index (χ4n) is 1.23. The number of hydrogen-bond acceptors (Lipinski definition) is 1. The van der Waals surface area contributed by atoms with E-state index >= 15 is 0 Å².